The van der Waals surface area contributed by atoms with E-state index in [-0.39, 0.29) is 17.4 Å². The fourth-order valence-corrected chi connectivity index (χ4v) is 3.53. The monoisotopic (exact) mass is 330 g/mol. The van der Waals surface area contributed by atoms with E-state index in [4.69, 9.17) is 0 Å². The molecule has 3 rings (SSSR count). The quantitative estimate of drug-likeness (QED) is 0.847. The van der Waals surface area contributed by atoms with Crippen LogP contribution in [0.25, 0.3) is 0 Å². The van der Waals surface area contributed by atoms with Gasteiger partial charge in [0.25, 0.3) is 5.56 Å². The van der Waals surface area contributed by atoms with Crippen LogP contribution in [0, 0.1) is 12.8 Å². The Hall–Kier alpha value is -2.15. The summed E-state index contributed by atoms with van der Waals surface area (Å²) in [5.41, 5.74) is 1.68. The van der Waals surface area contributed by atoms with Gasteiger partial charge in [-0.05, 0) is 31.0 Å². The molecule has 0 fully saturated rings. The SMILES string of the molecule is Cc1cnc2n(c1=O)C[C@H](C(=O)NCCc1ccncc1)CS2. The summed E-state index contributed by atoms with van der Waals surface area (Å²) in [5.74, 6) is 0.438. The number of rotatable bonds is 4. The van der Waals surface area contributed by atoms with Gasteiger partial charge in [0, 0.05) is 43.0 Å². The van der Waals surface area contributed by atoms with Crippen molar-refractivity contribution in [3.8, 4) is 0 Å². The minimum atomic E-state index is -0.203. The maximum Gasteiger partial charge on any atom is 0.257 e. The van der Waals surface area contributed by atoms with Gasteiger partial charge >= 0.3 is 0 Å². The first kappa shape index (κ1) is 15.7. The summed E-state index contributed by atoms with van der Waals surface area (Å²) in [6, 6.07) is 3.87. The Labute approximate surface area is 138 Å². The molecule has 0 saturated carbocycles. The molecule has 1 atom stereocenters. The number of nitrogens with zero attached hydrogens (tertiary/aromatic N) is 3. The van der Waals surface area contributed by atoms with E-state index in [2.05, 4.69) is 15.3 Å². The van der Waals surface area contributed by atoms with Crippen molar-refractivity contribution >= 4 is 17.7 Å². The maximum atomic E-state index is 12.3. The van der Waals surface area contributed by atoms with Crippen LogP contribution in [0.5, 0.6) is 0 Å². The Balaban J connectivity index is 1.59. The second kappa shape index (κ2) is 6.95. The second-order valence-electron chi connectivity index (χ2n) is 5.54. The van der Waals surface area contributed by atoms with Crippen LogP contribution in [0.15, 0.2) is 40.7 Å². The van der Waals surface area contributed by atoms with Gasteiger partial charge < -0.3 is 5.32 Å². The average molecular weight is 330 g/mol. The number of amides is 1. The predicted octanol–water partition coefficient (Wildman–Crippen LogP) is 1.03. The molecule has 2 aromatic rings. The molecule has 23 heavy (non-hydrogen) atoms. The van der Waals surface area contributed by atoms with E-state index in [1.165, 1.54) is 11.8 Å². The van der Waals surface area contributed by atoms with Crippen LogP contribution in [0.2, 0.25) is 0 Å². The highest BCUT2D eigenvalue weighted by atomic mass is 32.2. The van der Waals surface area contributed by atoms with Crippen molar-refractivity contribution in [3.05, 3.63) is 52.2 Å². The summed E-state index contributed by atoms with van der Waals surface area (Å²) < 4.78 is 1.61. The molecular weight excluding hydrogens is 312 g/mol. The Kier molecular flexibility index (Phi) is 4.76. The first-order valence-corrected chi connectivity index (χ1v) is 8.49. The smallest absolute Gasteiger partial charge is 0.257 e. The van der Waals surface area contributed by atoms with Gasteiger partial charge in [0.05, 0.1) is 5.92 Å². The van der Waals surface area contributed by atoms with Crippen LogP contribution in [0.1, 0.15) is 11.1 Å². The van der Waals surface area contributed by atoms with E-state index in [9.17, 15) is 9.59 Å². The number of hydrogen-bond donors (Lipinski definition) is 1. The highest BCUT2D eigenvalue weighted by Crippen LogP contribution is 2.24. The molecular formula is C16H18N4O2S. The van der Waals surface area contributed by atoms with Gasteiger partial charge in [0.1, 0.15) is 0 Å². The van der Waals surface area contributed by atoms with Crippen LogP contribution >= 0.6 is 11.8 Å². The molecule has 1 aliphatic heterocycles. The van der Waals surface area contributed by atoms with Gasteiger partial charge in [-0.3, -0.25) is 19.1 Å². The first-order valence-electron chi connectivity index (χ1n) is 7.51. The summed E-state index contributed by atoms with van der Waals surface area (Å²) in [7, 11) is 0. The van der Waals surface area contributed by atoms with E-state index in [1.54, 1.807) is 30.1 Å². The van der Waals surface area contributed by atoms with Gasteiger partial charge in [0.2, 0.25) is 5.91 Å². The largest absolute Gasteiger partial charge is 0.355 e. The van der Waals surface area contributed by atoms with Crippen molar-refractivity contribution in [1.82, 2.24) is 19.9 Å². The number of aryl methyl sites for hydroxylation is 1. The number of thioether (sulfide) groups is 1. The number of pyridine rings is 1. The van der Waals surface area contributed by atoms with Crippen LogP contribution in [0.4, 0.5) is 0 Å². The molecule has 1 N–H and O–H groups in total. The predicted molar refractivity (Wildman–Crippen MR) is 88.4 cm³/mol. The summed E-state index contributed by atoms with van der Waals surface area (Å²) in [6.07, 6.45) is 5.85. The zero-order chi connectivity index (χ0) is 16.2. The van der Waals surface area contributed by atoms with Gasteiger partial charge in [-0.15, -0.1) is 0 Å². The second-order valence-corrected chi connectivity index (χ2v) is 6.53. The highest BCUT2D eigenvalue weighted by Gasteiger charge is 2.26. The van der Waals surface area contributed by atoms with E-state index in [1.807, 2.05) is 12.1 Å². The summed E-state index contributed by atoms with van der Waals surface area (Å²) in [5, 5.41) is 3.65. The zero-order valence-electron chi connectivity index (χ0n) is 12.9. The molecule has 0 spiro atoms. The lowest BCUT2D eigenvalue weighted by Gasteiger charge is -2.24. The molecule has 2 aromatic heterocycles. The molecule has 0 aliphatic carbocycles. The van der Waals surface area contributed by atoms with E-state index < -0.39 is 0 Å². The first-order chi connectivity index (χ1) is 11.1. The summed E-state index contributed by atoms with van der Waals surface area (Å²) in [6.45, 7) is 2.72. The fourth-order valence-electron chi connectivity index (χ4n) is 2.48. The normalized spacial score (nSPS) is 16.7. The number of fused-ring (bicyclic) bond motifs is 1. The van der Waals surface area contributed by atoms with Gasteiger partial charge in [-0.1, -0.05) is 11.8 Å². The zero-order valence-corrected chi connectivity index (χ0v) is 13.7. The Morgan fingerprint density at radius 1 is 1.43 bits per heavy atom. The standard InChI is InChI=1S/C16H18N4O2S/c1-11-8-19-16-20(15(11)22)9-13(10-23-16)14(21)18-7-4-12-2-5-17-6-3-12/h2-3,5-6,8,13H,4,7,9-10H2,1H3,(H,18,21)/t13-/m0/s1. The molecule has 0 aromatic carbocycles. The topological polar surface area (TPSA) is 76.9 Å². The molecule has 0 bridgehead atoms. The van der Waals surface area contributed by atoms with Gasteiger partial charge in [0.15, 0.2) is 5.16 Å². The molecule has 1 amide bonds. The molecule has 0 radical (unpaired) electrons. The van der Waals surface area contributed by atoms with E-state index >= 15 is 0 Å². The van der Waals surface area contributed by atoms with Crippen molar-refractivity contribution in [2.75, 3.05) is 12.3 Å². The number of carbonyl (C=O) groups is 1. The number of nitrogens with one attached hydrogen (secondary N) is 1. The minimum Gasteiger partial charge on any atom is -0.355 e. The third-order valence-electron chi connectivity index (χ3n) is 3.83. The number of aromatic nitrogens is 3. The summed E-state index contributed by atoms with van der Waals surface area (Å²) >= 11 is 1.46. The fraction of sp³-hybridized carbons (Fsp3) is 0.375. The Morgan fingerprint density at radius 3 is 3.00 bits per heavy atom. The van der Waals surface area contributed by atoms with Crippen molar-refractivity contribution in [2.24, 2.45) is 5.92 Å². The molecule has 1 aliphatic rings. The molecule has 3 heterocycles. The third kappa shape index (κ3) is 3.61. The number of hydrogen-bond acceptors (Lipinski definition) is 5. The van der Waals surface area contributed by atoms with Crippen LogP contribution in [-0.4, -0.2) is 32.7 Å². The number of carbonyl (C=O) groups excluding carboxylic acids is 1. The summed E-state index contributed by atoms with van der Waals surface area (Å²) in [4.78, 5) is 32.7. The lowest BCUT2D eigenvalue weighted by molar-refractivity contribution is -0.124. The lowest BCUT2D eigenvalue weighted by Crippen LogP contribution is -2.40. The van der Waals surface area contributed by atoms with Crippen LogP contribution < -0.4 is 10.9 Å². The third-order valence-corrected chi connectivity index (χ3v) is 4.98. The van der Waals surface area contributed by atoms with Crippen LogP contribution in [-0.2, 0) is 17.8 Å². The van der Waals surface area contributed by atoms with Crippen LogP contribution in [0.3, 0.4) is 0 Å². The van der Waals surface area contributed by atoms with Gasteiger partial charge in [-0.25, -0.2) is 4.98 Å². The molecule has 0 saturated heterocycles. The molecule has 120 valence electrons. The van der Waals surface area contributed by atoms with Crippen molar-refractivity contribution in [1.29, 1.82) is 0 Å². The maximum absolute atomic E-state index is 12.3. The molecule has 0 unspecified atom stereocenters. The van der Waals surface area contributed by atoms with E-state index in [0.29, 0.717) is 29.6 Å². The highest BCUT2D eigenvalue weighted by molar-refractivity contribution is 7.99. The van der Waals surface area contributed by atoms with E-state index in [0.717, 1.165) is 12.0 Å². The Morgan fingerprint density at radius 2 is 2.22 bits per heavy atom. The van der Waals surface area contributed by atoms with Crippen molar-refractivity contribution in [3.63, 3.8) is 0 Å². The van der Waals surface area contributed by atoms with Crippen molar-refractivity contribution in [2.45, 2.75) is 25.0 Å². The average Bonchev–Trinajstić information content (AvgIpc) is 2.59. The Bertz CT molecular complexity index is 760. The molecule has 6 nitrogen and oxygen atoms in total. The lowest BCUT2D eigenvalue weighted by atomic mass is 10.1. The molecule has 7 heteroatoms. The minimum absolute atomic E-state index is 0.00869. The van der Waals surface area contributed by atoms with Gasteiger partial charge in [-0.2, -0.15) is 0 Å². The van der Waals surface area contributed by atoms with Crippen molar-refractivity contribution < 1.29 is 4.79 Å².